The summed E-state index contributed by atoms with van der Waals surface area (Å²) in [5, 5.41) is 1.57. The molecule has 3 rings (SSSR count). The molecule has 0 saturated carbocycles. The van der Waals surface area contributed by atoms with Gasteiger partial charge >= 0.3 is 0 Å². The fourth-order valence-electron chi connectivity index (χ4n) is 2.99. The number of fused-ring (bicyclic) bond motifs is 1. The van der Waals surface area contributed by atoms with E-state index in [0.717, 1.165) is 35.0 Å². The normalized spacial score (nSPS) is 17.4. The topological polar surface area (TPSA) is 56.3 Å². The van der Waals surface area contributed by atoms with E-state index in [1.165, 1.54) is 5.56 Å². The lowest BCUT2D eigenvalue weighted by Gasteiger charge is -2.31. The second-order valence-electron chi connectivity index (χ2n) is 5.92. The Kier molecular flexibility index (Phi) is 4.94. The highest BCUT2D eigenvalue weighted by Gasteiger charge is 2.32. The monoisotopic (exact) mass is 346 g/mol. The van der Waals surface area contributed by atoms with Crippen molar-refractivity contribution >= 4 is 17.2 Å². The summed E-state index contributed by atoms with van der Waals surface area (Å²) in [5.41, 5.74) is 4.64. The SMILES string of the molecule is CCOCc1nc2c(n1Cc1ccccc1)C(C)=C(C)N(N)C2Cl. The predicted molar refractivity (Wildman–Crippen MR) is 96.0 cm³/mol. The third kappa shape index (κ3) is 2.95. The molecule has 6 heteroatoms. The first kappa shape index (κ1) is 17.0. The number of aromatic nitrogens is 2. The van der Waals surface area contributed by atoms with Crippen molar-refractivity contribution in [2.45, 2.75) is 39.4 Å². The second kappa shape index (κ2) is 6.97. The number of alkyl halides is 1. The molecule has 0 bridgehead atoms. The number of hydrogen-bond acceptors (Lipinski definition) is 4. The molecular formula is C18H23ClN4O. The lowest BCUT2D eigenvalue weighted by molar-refractivity contribution is 0.126. The Hall–Kier alpha value is -1.82. The zero-order valence-electron chi connectivity index (χ0n) is 14.3. The van der Waals surface area contributed by atoms with Gasteiger partial charge in [0.2, 0.25) is 0 Å². The summed E-state index contributed by atoms with van der Waals surface area (Å²) >= 11 is 6.53. The number of rotatable bonds is 5. The van der Waals surface area contributed by atoms with E-state index in [1.807, 2.05) is 32.0 Å². The number of hydrazine groups is 1. The second-order valence-corrected chi connectivity index (χ2v) is 6.34. The van der Waals surface area contributed by atoms with Crippen LogP contribution in [0.5, 0.6) is 0 Å². The van der Waals surface area contributed by atoms with Crippen molar-refractivity contribution in [3.8, 4) is 0 Å². The van der Waals surface area contributed by atoms with Gasteiger partial charge in [0.25, 0.3) is 0 Å². The number of allylic oxidation sites excluding steroid dienone is 2. The van der Waals surface area contributed by atoms with Crippen molar-refractivity contribution in [3.63, 3.8) is 0 Å². The first-order chi connectivity index (χ1) is 11.5. The average molecular weight is 347 g/mol. The van der Waals surface area contributed by atoms with Crippen LogP contribution in [0.3, 0.4) is 0 Å². The maximum absolute atomic E-state index is 6.53. The van der Waals surface area contributed by atoms with Crippen molar-refractivity contribution in [1.82, 2.24) is 14.6 Å². The number of nitrogens with two attached hydrogens (primary N) is 1. The minimum absolute atomic E-state index is 0.455. The van der Waals surface area contributed by atoms with Crippen molar-refractivity contribution in [2.24, 2.45) is 5.84 Å². The van der Waals surface area contributed by atoms with E-state index in [0.29, 0.717) is 13.2 Å². The molecule has 2 N–H and O–H groups in total. The van der Waals surface area contributed by atoms with Crippen LogP contribution in [0.1, 0.15) is 49.0 Å². The maximum atomic E-state index is 6.53. The molecular weight excluding hydrogens is 324 g/mol. The van der Waals surface area contributed by atoms with Crippen LogP contribution in [0.15, 0.2) is 36.0 Å². The number of ether oxygens (including phenoxy) is 1. The van der Waals surface area contributed by atoms with Crippen LogP contribution in [-0.4, -0.2) is 21.2 Å². The molecule has 1 unspecified atom stereocenters. The van der Waals surface area contributed by atoms with Gasteiger partial charge in [0, 0.05) is 18.8 Å². The maximum Gasteiger partial charge on any atom is 0.162 e. The first-order valence-corrected chi connectivity index (χ1v) is 8.55. The smallest absolute Gasteiger partial charge is 0.162 e. The zero-order valence-corrected chi connectivity index (χ0v) is 15.0. The fourth-order valence-corrected chi connectivity index (χ4v) is 3.29. The number of hydrogen-bond donors (Lipinski definition) is 1. The summed E-state index contributed by atoms with van der Waals surface area (Å²) in [5.74, 6) is 6.98. The van der Waals surface area contributed by atoms with E-state index in [4.69, 9.17) is 27.2 Å². The van der Waals surface area contributed by atoms with Crippen LogP contribution in [0, 0.1) is 0 Å². The van der Waals surface area contributed by atoms with E-state index < -0.39 is 5.50 Å². The molecule has 0 radical (unpaired) electrons. The molecule has 128 valence electrons. The van der Waals surface area contributed by atoms with E-state index >= 15 is 0 Å². The van der Waals surface area contributed by atoms with Crippen LogP contribution in [0.2, 0.25) is 0 Å². The highest BCUT2D eigenvalue weighted by atomic mass is 35.5. The lowest BCUT2D eigenvalue weighted by atomic mass is 10.1. The zero-order chi connectivity index (χ0) is 17.3. The quantitative estimate of drug-likeness (QED) is 0.510. The Balaban J connectivity index is 2.11. The summed E-state index contributed by atoms with van der Waals surface area (Å²) in [6, 6.07) is 10.3. The van der Waals surface area contributed by atoms with Crippen LogP contribution < -0.4 is 5.84 Å². The molecule has 2 heterocycles. The molecule has 0 saturated heterocycles. The minimum atomic E-state index is -0.471. The molecule has 1 atom stereocenters. The fraction of sp³-hybridized carbons (Fsp3) is 0.389. The van der Waals surface area contributed by atoms with Crippen LogP contribution in [0.25, 0.3) is 5.57 Å². The van der Waals surface area contributed by atoms with E-state index in [-0.39, 0.29) is 0 Å². The molecule has 1 aliphatic heterocycles. The Labute approximate surface area is 147 Å². The highest BCUT2D eigenvalue weighted by molar-refractivity contribution is 6.21. The number of imidazole rings is 1. The van der Waals surface area contributed by atoms with Gasteiger partial charge in [-0.1, -0.05) is 41.9 Å². The number of halogens is 1. The van der Waals surface area contributed by atoms with E-state index in [9.17, 15) is 0 Å². The van der Waals surface area contributed by atoms with Crippen LogP contribution in [-0.2, 0) is 17.9 Å². The molecule has 0 spiro atoms. The van der Waals surface area contributed by atoms with Gasteiger partial charge in [0.05, 0.1) is 5.69 Å². The van der Waals surface area contributed by atoms with Crippen LogP contribution >= 0.6 is 11.6 Å². The minimum Gasteiger partial charge on any atom is -0.374 e. The molecule has 2 aromatic rings. The molecule has 24 heavy (non-hydrogen) atoms. The van der Waals surface area contributed by atoms with Crippen molar-refractivity contribution in [1.29, 1.82) is 0 Å². The van der Waals surface area contributed by atoms with Gasteiger partial charge in [0.15, 0.2) is 5.50 Å². The van der Waals surface area contributed by atoms with Gasteiger partial charge in [-0.25, -0.2) is 10.8 Å². The van der Waals surface area contributed by atoms with Gasteiger partial charge in [-0.15, -0.1) is 0 Å². The molecule has 5 nitrogen and oxygen atoms in total. The Bertz CT molecular complexity index is 754. The molecule has 1 aromatic heterocycles. The van der Waals surface area contributed by atoms with Gasteiger partial charge in [-0.2, -0.15) is 0 Å². The lowest BCUT2D eigenvalue weighted by Crippen LogP contribution is -2.34. The van der Waals surface area contributed by atoms with Crippen LogP contribution in [0.4, 0.5) is 0 Å². The number of nitrogens with zero attached hydrogens (tertiary/aromatic N) is 3. The Morgan fingerprint density at radius 2 is 1.96 bits per heavy atom. The summed E-state index contributed by atoms with van der Waals surface area (Å²) in [6.07, 6.45) is 0. The highest BCUT2D eigenvalue weighted by Crippen LogP contribution is 2.39. The van der Waals surface area contributed by atoms with Crippen molar-refractivity contribution in [2.75, 3.05) is 6.61 Å². The van der Waals surface area contributed by atoms with Gasteiger partial charge in [-0.05, 0) is 31.9 Å². The average Bonchev–Trinajstić information content (AvgIpc) is 2.95. The third-order valence-electron chi connectivity index (χ3n) is 4.45. The molecule has 1 aliphatic rings. The summed E-state index contributed by atoms with van der Waals surface area (Å²) in [4.78, 5) is 4.75. The Morgan fingerprint density at radius 1 is 1.25 bits per heavy atom. The third-order valence-corrected chi connectivity index (χ3v) is 4.86. The molecule has 1 aromatic carbocycles. The molecule has 0 aliphatic carbocycles. The van der Waals surface area contributed by atoms with E-state index in [1.54, 1.807) is 5.01 Å². The summed E-state index contributed by atoms with van der Waals surface area (Å²) in [6.45, 7) is 7.84. The standard InChI is InChI=1S/C18H23ClN4O/c1-4-24-11-15-21-16-17(12(2)13(3)23(20)18(16)19)22(15)10-14-8-6-5-7-9-14/h5-9,18H,4,10-11,20H2,1-3H3. The summed E-state index contributed by atoms with van der Waals surface area (Å²) < 4.78 is 7.81. The first-order valence-electron chi connectivity index (χ1n) is 8.11. The Morgan fingerprint density at radius 3 is 2.62 bits per heavy atom. The van der Waals surface area contributed by atoms with Gasteiger partial charge < -0.3 is 9.30 Å². The van der Waals surface area contributed by atoms with Gasteiger partial charge in [0.1, 0.15) is 18.1 Å². The molecule has 0 amide bonds. The molecule has 0 fully saturated rings. The number of benzene rings is 1. The van der Waals surface area contributed by atoms with Crippen molar-refractivity contribution < 1.29 is 4.74 Å². The van der Waals surface area contributed by atoms with E-state index in [2.05, 4.69) is 23.6 Å². The largest absolute Gasteiger partial charge is 0.374 e. The van der Waals surface area contributed by atoms with Crippen molar-refractivity contribution in [3.05, 3.63) is 58.8 Å². The predicted octanol–water partition coefficient (Wildman–Crippen LogP) is 3.65. The van der Waals surface area contributed by atoms with Gasteiger partial charge in [-0.3, -0.25) is 5.01 Å². The summed E-state index contributed by atoms with van der Waals surface area (Å²) in [7, 11) is 0.